The second kappa shape index (κ2) is 5.15. The molecule has 5 nitrogen and oxygen atoms in total. The molecule has 0 bridgehead atoms. The minimum atomic E-state index is -1.05. The number of urea groups is 1. The fourth-order valence-electron chi connectivity index (χ4n) is 2.31. The molecule has 0 aromatic heterocycles. The third-order valence-corrected chi connectivity index (χ3v) is 3.97. The molecule has 1 aromatic carbocycles. The Morgan fingerprint density at radius 1 is 1.40 bits per heavy atom. The SMILES string of the molecule is Cc1cccc(C(=O)O)c1NC(=O)NCC1CC1(C)C. The van der Waals surface area contributed by atoms with E-state index >= 15 is 0 Å². The van der Waals surface area contributed by atoms with E-state index < -0.39 is 5.97 Å². The summed E-state index contributed by atoms with van der Waals surface area (Å²) in [6.07, 6.45) is 1.11. The van der Waals surface area contributed by atoms with E-state index in [1.54, 1.807) is 19.1 Å². The van der Waals surface area contributed by atoms with Crippen molar-refractivity contribution in [3.8, 4) is 0 Å². The number of benzene rings is 1. The van der Waals surface area contributed by atoms with Crippen molar-refractivity contribution >= 4 is 17.7 Å². The van der Waals surface area contributed by atoms with Gasteiger partial charge < -0.3 is 15.7 Å². The van der Waals surface area contributed by atoms with E-state index in [4.69, 9.17) is 5.11 Å². The molecule has 1 fully saturated rings. The molecule has 1 aliphatic rings. The van der Waals surface area contributed by atoms with Crippen LogP contribution in [0.5, 0.6) is 0 Å². The summed E-state index contributed by atoms with van der Waals surface area (Å²) in [6, 6.07) is 4.56. The highest BCUT2D eigenvalue weighted by Gasteiger charge is 2.45. The number of hydrogen-bond acceptors (Lipinski definition) is 2. The monoisotopic (exact) mass is 276 g/mol. The Morgan fingerprint density at radius 3 is 2.60 bits per heavy atom. The summed E-state index contributed by atoms with van der Waals surface area (Å²) in [7, 11) is 0. The molecule has 0 aliphatic heterocycles. The van der Waals surface area contributed by atoms with E-state index in [1.807, 2.05) is 0 Å². The predicted octanol–water partition coefficient (Wildman–Crippen LogP) is 2.86. The van der Waals surface area contributed by atoms with Crippen molar-refractivity contribution in [3.63, 3.8) is 0 Å². The summed E-state index contributed by atoms with van der Waals surface area (Å²) in [5.74, 6) is -0.545. The normalized spacial score (nSPS) is 19.2. The molecule has 1 saturated carbocycles. The van der Waals surface area contributed by atoms with Gasteiger partial charge in [-0.05, 0) is 36.3 Å². The summed E-state index contributed by atoms with van der Waals surface area (Å²) in [4.78, 5) is 23.0. The molecule has 1 unspecified atom stereocenters. The van der Waals surface area contributed by atoms with Crippen molar-refractivity contribution in [1.82, 2.24) is 5.32 Å². The van der Waals surface area contributed by atoms with E-state index in [2.05, 4.69) is 24.5 Å². The van der Waals surface area contributed by atoms with Gasteiger partial charge in [-0.15, -0.1) is 0 Å². The lowest BCUT2D eigenvalue weighted by molar-refractivity contribution is 0.0698. The zero-order valence-electron chi connectivity index (χ0n) is 12.0. The molecule has 2 rings (SSSR count). The van der Waals surface area contributed by atoms with Gasteiger partial charge in [0.15, 0.2) is 0 Å². The van der Waals surface area contributed by atoms with Crippen molar-refractivity contribution < 1.29 is 14.7 Å². The van der Waals surface area contributed by atoms with Gasteiger partial charge in [0.2, 0.25) is 0 Å². The van der Waals surface area contributed by atoms with Crippen LogP contribution in [0.15, 0.2) is 18.2 Å². The van der Waals surface area contributed by atoms with Crippen molar-refractivity contribution in [2.75, 3.05) is 11.9 Å². The van der Waals surface area contributed by atoms with Crippen molar-refractivity contribution in [2.45, 2.75) is 27.2 Å². The molecule has 1 aliphatic carbocycles. The molecular formula is C15H20N2O3. The number of anilines is 1. The number of aromatic carboxylic acids is 1. The molecule has 0 heterocycles. The second-order valence-electron chi connectivity index (χ2n) is 6.03. The lowest BCUT2D eigenvalue weighted by Gasteiger charge is -2.12. The first kappa shape index (κ1) is 14.4. The highest BCUT2D eigenvalue weighted by molar-refractivity contribution is 6.00. The predicted molar refractivity (Wildman–Crippen MR) is 77.0 cm³/mol. The smallest absolute Gasteiger partial charge is 0.337 e. The van der Waals surface area contributed by atoms with Gasteiger partial charge in [-0.1, -0.05) is 26.0 Å². The number of carbonyl (C=O) groups is 2. The molecule has 0 radical (unpaired) electrons. The van der Waals surface area contributed by atoms with Crippen LogP contribution in [0.4, 0.5) is 10.5 Å². The second-order valence-corrected chi connectivity index (χ2v) is 6.03. The summed E-state index contributed by atoms with van der Waals surface area (Å²) >= 11 is 0. The van der Waals surface area contributed by atoms with Crippen LogP contribution in [-0.4, -0.2) is 23.7 Å². The standard InChI is InChI=1S/C15H20N2O3/c1-9-5-4-6-11(13(18)19)12(9)17-14(20)16-8-10-7-15(10,2)3/h4-6,10H,7-8H2,1-3H3,(H,18,19)(H2,16,17,20). The maximum atomic E-state index is 11.9. The topological polar surface area (TPSA) is 78.4 Å². The maximum Gasteiger partial charge on any atom is 0.337 e. The average molecular weight is 276 g/mol. The van der Waals surface area contributed by atoms with Crippen LogP contribution in [0.3, 0.4) is 0 Å². The third kappa shape index (κ3) is 3.10. The van der Waals surface area contributed by atoms with Crippen LogP contribution >= 0.6 is 0 Å². The Labute approximate surface area is 118 Å². The number of para-hydroxylation sites is 1. The van der Waals surface area contributed by atoms with Gasteiger partial charge in [-0.2, -0.15) is 0 Å². The van der Waals surface area contributed by atoms with Gasteiger partial charge in [0, 0.05) is 6.54 Å². The first-order valence-corrected chi connectivity index (χ1v) is 6.69. The van der Waals surface area contributed by atoms with Gasteiger partial charge in [0.25, 0.3) is 0 Å². The van der Waals surface area contributed by atoms with E-state index in [0.717, 1.165) is 12.0 Å². The van der Waals surface area contributed by atoms with E-state index in [0.29, 0.717) is 23.6 Å². The largest absolute Gasteiger partial charge is 0.478 e. The van der Waals surface area contributed by atoms with Crippen LogP contribution in [0, 0.1) is 18.3 Å². The maximum absolute atomic E-state index is 11.9. The fourth-order valence-corrected chi connectivity index (χ4v) is 2.31. The Balaban J connectivity index is 1.99. The number of carbonyl (C=O) groups excluding carboxylic acids is 1. The number of carboxylic acid groups (broad SMARTS) is 1. The average Bonchev–Trinajstić information content (AvgIpc) is 2.97. The van der Waals surface area contributed by atoms with Gasteiger partial charge in [-0.3, -0.25) is 0 Å². The number of nitrogens with one attached hydrogen (secondary N) is 2. The van der Waals surface area contributed by atoms with E-state index in [9.17, 15) is 9.59 Å². The van der Waals surface area contributed by atoms with E-state index in [1.165, 1.54) is 6.07 Å². The number of aryl methyl sites for hydroxylation is 1. The van der Waals surface area contributed by atoms with Crippen LogP contribution in [0.1, 0.15) is 36.2 Å². The first-order chi connectivity index (χ1) is 9.31. The minimum Gasteiger partial charge on any atom is -0.478 e. The van der Waals surface area contributed by atoms with Gasteiger partial charge >= 0.3 is 12.0 Å². The minimum absolute atomic E-state index is 0.104. The quantitative estimate of drug-likeness (QED) is 0.791. The number of rotatable bonds is 4. The lowest BCUT2D eigenvalue weighted by atomic mass is 10.1. The Bertz CT molecular complexity index is 552. The number of amides is 2. The molecule has 0 saturated heterocycles. The van der Waals surface area contributed by atoms with Crippen LogP contribution < -0.4 is 10.6 Å². The van der Waals surface area contributed by atoms with Crippen LogP contribution in [0.2, 0.25) is 0 Å². The molecule has 0 spiro atoms. The highest BCUT2D eigenvalue weighted by Crippen LogP contribution is 2.50. The van der Waals surface area contributed by atoms with Crippen LogP contribution in [0.25, 0.3) is 0 Å². The molecule has 20 heavy (non-hydrogen) atoms. The first-order valence-electron chi connectivity index (χ1n) is 6.69. The summed E-state index contributed by atoms with van der Waals surface area (Å²) in [5.41, 5.74) is 1.49. The molecule has 1 atom stereocenters. The molecule has 3 N–H and O–H groups in total. The molecule has 1 aromatic rings. The molecule has 5 heteroatoms. The zero-order chi connectivity index (χ0) is 14.9. The lowest BCUT2D eigenvalue weighted by Crippen LogP contribution is -2.32. The fraction of sp³-hybridized carbons (Fsp3) is 0.467. The van der Waals surface area contributed by atoms with Crippen LogP contribution in [-0.2, 0) is 0 Å². The van der Waals surface area contributed by atoms with Crippen molar-refractivity contribution in [3.05, 3.63) is 29.3 Å². The molecule has 108 valence electrons. The van der Waals surface area contributed by atoms with Gasteiger partial charge in [-0.25, -0.2) is 9.59 Å². The Kier molecular flexibility index (Phi) is 3.70. The highest BCUT2D eigenvalue weighted by atomic mass is 16.4. The van der Waals surface area contributed by atoms with E-state index in [-0.39, 0.29) is 11.6 Å². The zero-order valence-corrected chi connectivity index (χ0v) is 12.0. The third-order valence-electron chi connectivity index (χ3n) is 3.97. The Hall–Kier alpha value is -2.04. The van der Waals surface area contributed by atoms with Crippen molar-refractivity contribution in [1.29, 1.82) is 0 Å². The van der Waals surface area contributed by atoms with Gasteiger partial charge in [0.1, 0.15) is 0 Å². The Morgan fingerprint density at radius 2 is 2.05 bits per heavy atom. The summed E-state index contributed by atoms with van der Waals surface area (Å²) in [5, 5.41) is 14.6. The van der Waals surface area contributed by atoms with Crippen molar-refractivity contribution in [2.24, 2.45) is 11.3 Å². The van der Waals surface area contributed by atoms with Gasteiger partial charge in [0.05, 0.1) is 11.3 Å². The number of hydrogen-bond donors (Lipinski definition) is 3. The summed E-state index contributed by atoms with van der Waals surface area (Å²) < 4.78 is 0. The molecule has 2 amide bonds. The number of carboxylic acids is 1. The summed E-state index contributed by atoms with van der Waals surface area (Å²) in [6.45, 7) is 6.72. The molecular weight excluding hydrogens is 256 g/mol.